The number of benzene rings is 1. The Balaban J connectivity index is 2.80. The van der Waals surface area contributed by atoms with Crippen molar-refractivity contribution in [3.05, 3.63) is 17.7 Å². The molecule has 1 aromatic carbocycles. The predicted octanol–water partition coefficient (Wildman–Crippen LogP) is 1.57. The molecular weight excluding hydrogens is 316 g/mol. The zero-order chi connectivity index (χ0) is 18.3. The van der Waals surface area contributed by atoms with Gasteiger partial charge in [-0.3, -0.25) is 4.79 Å². The summed E-state index contributed by atoms with van der Waals surface area (Å²) in [6.07, 6.45) is 0. The van der Waals surface area contributed by atoms with Crippen LogP contribution in [0.25, 0.3) is 0 Å². The first-order valence-corrected chi connectivity index (χ1v) is 7.35. The van der Waals surface area contributed by atoms with Gasteiger partial charge in [0.25, 0.3) is 0 Å². The predicted molar refractivity (Wildman–Crippen MR) is 87.8 cm³/mol. The average Bonchev–Trinajstić information content (AvgIpc) is 2.57. The lowest BCUT2D eigenvalue weighted by Gasteiger charge is -2.21. The van der Waals surface area contributed by atoms with Gasteiger partial charge in [-0.15, -0.1) is 0 Å². The molecule has 1 rings (SSSR count). The van der Waals surface area contributed by atoms with Crippen LogP contribution in [0.1, 0.15) is 12.5 Å². The average molecular weight is 340 g/mol. The van der Waals surface area contributed by atoms with Crippen LogP contribution in [-0.4, -0.2) is 56.9 Å². The minimum atomic E-state index is -0.948. The summed E-state index contributed by atoms with van der Waals surface area (Å²) in [5, 5.41) is 11.6. The molecule has 0 aliphatic heterocycles. The van der Waals surface area contributed by atoms with E-state index in [4.69, 9.17) is 19.3 Å². The number of hydrogen-bond donors (Lipinski definition) is 2. The fourth-order valence-corrected chi connectivity index (χ4v) is 2.18. The zero-order valence-electron chi connectivity index (χ0n) is 14.6. The number of amides is 2. The molecule has 1 atom stereocenters. The molecule has 0 bridgehead atoms. The van der Waals surface area contributed by atoms with Gasteiger partial charge in [-0.2, -0.15) is 0 Å². The van der Waals surface area contributed by atoms with Crippen LogP contribution in [0.4, 0.5) is 4.79 Å². The number of methoxy groups -OCH3 is 3. The van der Waals surface area contributed by atoms with Crippen molar-refractivity contribution < 1.29 is 28.9 Å². The van der Waals surface area contributed by atoms with Crippen molar-refractivity contribution in [3.8, 4) is 17.2 Å². The maximum atomic E-state index is 12.1. The fraction of sp³-hybridized carbons (Fsp3) is 0.500. The summed E-state index contributed by atoms with van der Waals surface area (Å²) in [5.74, 6) is -0.150. The lowest BCUT2D eigenvalue weighted by atomic mass is 10.1. The molecular formula is C16H24N2O6. The number of rotatable bonds is 8. The highest BCUT2D eigenvalue weighted by atomic mass is 16.5. The van der Waals surface area contributed by atoms with Gasteiger partial charge in [0.1, 0.15) is 0 Å². The quantitative estimate of drug-likeness (QED) is 0.746. The second kappa shape index (κ2) is 8.85. The van der Waals surface area contributed by atoms with E-state index in [0.717, 1.165) is 0 Å². The Morgan fingerprint density at radius 3 is 2.29 bits per heavy atom. The van der Waals surface area contributed by atoms with E-state index in [0.29, 0.717) is 22.8 Å². The molecule has 0 aliphatic carbocycles. The Morgan fingerprint density at radius 2 is 1.79 bits per heavy atom. The molecule has 0 spiro atoms. The van der Waals surface area contributed by atoms with E-state index in [-0.39, 0.29) is 19.1 Å². The smallest absolute Gasteiger partial charge is 0.317 e. The minimum Gasteiger partial charge on any atom is -0.493 e. The molecule has 8 heteroatoms. The molecule has 0 radical (unpaired) electrons. The van der Waals surface area contributed by atoms with E-state index in [2.05, 4.69) is 5.32 Å². The summed E-state index contributed by atoms with van der Waals surface area (Å²) in [4.78, 5) is 24.3. The minimum absolute atomic E-state index is 0.115. The summed E-state index contributed by atoms with van der Waals surface area (Å²) in [7, 11) is 6.07. The van der Waals surface area contributed by atoms with Crippen molar-refractivity contribution in [2.45, 2.75) is 13.5 Å². The van der Waals surface area contributed by atoms with Gasteiger partial charge in [0.2, 0.25) is 5.75 Å². The van der Waals surface area contributed by atoms with Crippen LogP contribution in [0.3, 0.4) is 0 Å². The highest BCUT2D eigenvalue weighted by Crippen LogP contribution is 2.39. The van der Waals surface area contributed by atoms with Crippen molar-refractivity contribution in [2.75, 3.05) is 34.9 Å². The largest absolute Gasteiger partial charge is 0.493 e. The van der Waals surface area contributed by atoms with Gasteiger partial charge in [0.15, 0.2) is 11.5 Å². The molecule has 1 unspecified atom stereocenters. The zero-order valence-corrected chi connectivity index (χ0v) is 14.6. The molecule has 2 amide bonds. The lowest BCUT2D eigenvalue weighted by molar-refractivity contribution is -0.141. The molecule has 0 saturated heterocycles. The van der Waals surface area contributed by atoms with E-state index in [1.54, 1.807) is 26.1 Å². The van der Waals surface area contributed by atoms with Crippen molar-refractivity contribution in [1.82, 2.24) is 10.2 Å². The normalized spacial score (nSPS) is 11.4. The van der Waals surface area contributed by atoms with Gasteiger partial charge in [0, 0.05) is 25.7 Å². The second-order valence-electron chi connectivity index (χ2n) is 5.27. The van der Waals surface area contributed by atoms with Crippen molar-refractivity contribution in [2.24, 2.45) is 5.92 Å². The molecule has 1 aromatic rings. The summed E-state index contributed by atoms with van der Waals surface area (Å²) >= 11 is 0. The van der Waals surface area contributed by atoms with E-state index < -0.39 is 11.9 Å². The summed E-state index contributed by atoms with van der Waals surface area (Å²) in [5.41, 5.74) is 0.711. The summed E-state index contributed by atoms with van der Waals surface area (Å²) < 4.78 is 15.9. The molecule has 8 nitrogen and oxygen atoms in total. The number of carboxylic acids is 1. The van der Waals surface area contributed by atoms with Crippen LogP contribution in [0.2, 0.25) is 0 Å². The van der Waals surface area contributed by atoms with E-state index in [1.807, 2.05) is 0 Å². The third kappa shape index (κ3) is 4.68. The fourth-order valence-electron chi connectivity index (χ4n) is 2.18. The van der Waals surface area contributed by atoms with Gasteiger partial charge in [-0.1, -0.05) is 6.92 Å². The number of carbonyl (C=O) groups excluding carboxylic acids is 1. The SMILES string of the molecule is COc1ccc(CNC(=O)N(C)CC(C)C(=O)O)c(OC)c1OC. The molecule has 134 valence electrons. The van der Waals surface area contributed by atoms with Gasteiger partial charge < -0.3 is 29.5 Å². The number of nitrogens with one attached hydrogen (secondary N) is 1. The molecule has 24 heavy (non-hydrogen) atoms. The van der Waals surface area contributed by atoms with Gasteiger partial charge in [-0.05, 0) is 12.1 Å². The molecule has 2 N–H and O–H groups in total. The highest BCUT2D eigenvalue weighted by Gasteiger charge is 2.19. The number of carbonyl (C=O) groups is 2. The molecule has 0 saturated carbocycles. The third-order valence-corrected chi connectivity index (χ3v) is 3.53. The van der Waals surface area contributed by atoms with E-state index in [1.165, 1.54) is 26.2 Å². The number of carboxylic acid groups (broad SMARTS) is 1. The summed E-state index contributed by atoms with van der Waals surface area (Å²) in [6.45, 7) is 1.86. The van der Waals surface area contributed by atoms with Crippen LogP contribution in [0, 0.1) is 5.92 Å². The lowest BCUT2D eigenvalue weighted by Crippen LogP contribution is -2.40. The first-order valence-electron chi connectivity index (χ1n) is 7.35. The number of urea groups is 1. The Hall–Kier alpha value is -2.64. The molecule has 0 aliphatic rings. The summed E-state index contributed by atoms with van der Waals surface area (Å²) in [6, 6.07) is 3.11. The van der Waals surface area contributed by atoms with Crippen molar-refractivity contribution in [1.29, 1.82) is 0 Å². The number of hydrogen-bond acceptors (Lipinski definition) is 5. The van der Waals surface area contributed by atoms with E-state index in [9.17, 15) is 9.59 Å². The van der Waals surface area contributed by atoms with Gasteiger partial charge in [-0.25, -0.2) is 4.79 Å². The third-order valence-electron chi connectivity index (χ3n) is 3.53. The van der Waals surface area contributed by atoms with Gasteiger partial charge >= 0.3 is 12.0 Å². The number of nitrogens with zero attached hydrogens (tertiary/aromatic N) is 1. The van der Waals surface area contributed by atoms with Crippen LogP contribution in [0.5, 0.6) is 17.2 Å². The maximum Gasteiger partial charge on any atom is 0.317 e. The highest BCUT2D eigenvalue weighted by molar-refractivity contribution is 5.75. The van der Waals surface area contributed by atoms with Crippen LogP contribution in [0.15, 0.2) is 12.1 Å². The standard InChI is InChI=1S/C16H24N2O6/c1-10(15(19)20)9-18(2)16(21)17-8-11-6-7-12(22-3)14(24-5)13(11)23-4/h6-7,10H,8-9H2,1-5H3,(H,17,21)(H,19,20). The Kier molecular flexibility index (Phi) is 7.16. The Morgan fingerprint density at radius 1 is 1.17 bits per heavy atom. The number of aliphatic carboxylic acids is 1. The molecule has 0 heterocycles. The number of ether oxygens (including phenoxy) is 3. The topological polar surface area (TPSA) is 97.3 Å². The first kappa shape index (κ1) is 19.4. The maximum absolute atomic E-state index is 12.1. The van der Waals surface area contributed by atoms with E-state index >= 15 is 0 Å². The molecule has 0 fully saturated rings. The monoisotopic (exact) mass is 340 g/mol. The van der Waals surface area contributed by atoms with Crippen molar-refractivity contribution in [3.63, 3.8) is 0 Å². The van der Waals surface area contributed by atoms with Crippen LogP contribution >= 0.6 is 0 Å². The van der Waals surface area contributed by atoms with Crippen LogP contribution < -0.4 is 19.5 Å². The Bertz CT molecular complexity index is 590. The second-order valence-corrected chi connectivity index (χ2v) is 5.27. The van der Waals surface area contributed by atoms with Crippen molar-refractivity contribution >= 4 is 12.0 Å². The Labute approximate surface area is 141 Å². The van der Waals surface area contributed by atoms with Crippen LogP contribution in [-0.2, 0) is 11.3 Å². The van der Waals surface area contributed by atoms with Gasteiger partial charge in [0.05, 0.1) is 27.2 Å². The molecule has 0 aromatic heterocycles. The first-order chi connectivity index (χ1) is 11.3.